The van der Waals surface area contributed by atoms with Crippen LogP contribution in [0.15, 0.2) is 35.4 Å². The fraction of sp³-hybridized carbons (Fsp3) is 0.500. The Hall–Kier alpha value is -1.98. The first-order valence-corrected chi connectivity index (χ1v) is 11.6. The second-order valence-corrected chi connectivity index (χ2v) is 10.3. The van der Waals surface area contributed by atoms with Gasteiger partial charge in [-0.05, 0) is 61.8 Å². The molecular formula is C24H29N3OS. The Morgan fingerprint density at radius 1 is 1.21 bits per heavy atom. The van der Waals surface area contributed by atoms with Crippen LogP contribution in [0.3, 0.4) is 0 Å². The molecule has 0 N–H and O–H groups in total. The van der Waals surface area contributed by atoms with Crippen molar-refractivity contribution < 1.29 is 0 Å². The van der Waals surface area contributed by atoms with Crippen molar-refractivity contribution in [2.45, 2.75) is 58.0 Å². The van der Waals surface area contributed by atoms with E-state index in [0.29, 0.717) is 12.0 Å². The molecule has 2 aliphatic carbocycles. The van der Waals surface area contributed by atoms with E-state index in [-0.39, 0.29) is 11.6 Å². The smallest absolute Gasteiger partial charge is 0.262 e. The molecule has 2 heterocycles. The Balaban J connectivity index is 1.47. The Bertz CT molecular complexity index is 1090. The zero-order chi connectivity index (χ0) is 20.1. The number of benzene rings is 1. The first-order valence-electron chi connectivity index (χ1n) is 10.8. The molecule has 0 saturated carbocycles. The summed E-state index contributed by atoms with van der Waals surface area (Å²) in [5, 5.41) is 0.897. The quantitative estimate of drug-likeness (QED) is 0.649. The van der Waals surface area contributed by atoms with E-state index in [1.54, 1.807) is 17.7 Å². The predicted octanol–water partition coefficient (Wildman–Crippen LogP) is 4.24. The van der Waals surface area contributed by atoms with Gasteiger partial charge in [-0.2, -0.15) is 0 Å². The van der Waals surface area contributed by atoms with Crippen molar-refractivity contribution in [2.75, 3.05) is 13.6 Å². The lowest BCUT2D eigenvalue weighted by atomic mass is 9.92. The summed E-state index contributed by atoms with van der Waals surface area (Å²) in [5.41, 5.74) is 4.18. The normalized spacial score (nSPS) is 19.3. The van der Waals surface area contributed by atoms with Gasteiger partial charge in [0.15, 0.2) is 0 Å². The van der Waals surface area contributed by atoms with E-state index in [1.807, 2.05) is 4.57 Å². The maximum absolute atomic E-state index is 13.5. The summed E-state index contributed by atoms with van der Waals surface area (Å²) in [6.45, 7) is 5.67. The third kappa shape index (κ3) is 3.34. The molecule has 3 aromatic rings. The second-order valence-electron chi connectivity index (χ2n) is 9.20. The minimum absolute atomic E-state index is 0.166. The highest BCUT2D eigenvalue weighted by Gasteiger charge is 2.29. The molecule has 2 aromatic heterocycles. The van der Waals surface area contributed by atoms with Crippen molar-refractivity contribution in [2.24, 2.45) is 5.92 Å². The standard InChI is InChI=1S/C24H29N3OS/c1-15(2)13-26(3)18-8-9-20-21(12-18)29-23-22(20)24(28)27(14-25-23)19-10-16-6-4-5-7-17(16)11-19/h4-7,14-15,18-19H,8-13H2,1-3H3. The number of hydrogen-bond donors (Lipinski definition) is 0. The lowest BCUT2D eigenvalue weighted by Gasteiger charge is -2.32. The summed E-state index contributed by atoms with van der Waals surface area (Å²) in [4.78, 5) is 23.0. The molecule has 1 aromatic carbocycles. The van der Waals surface area contributed by atoms with E-state index >= 15 is 0 Å². The molecule has 5 heteroatoms. The predicted molar refractivity (Wildman–Crippen MR) is 120 cm³/mol. The molecule has 0 fully saturated rings. The van der Waals surface area contributed by atoms with Gasteiger partial charge in [0.05, 0.1) is 11.7 Å². The molecule has 0 aliphatic heterocycles. The van der Waals surface area contributed by atoms with Gasteiger partial charge in [-0.25, -0.2) is 4.98 Å². The summed E-state index contributed by atoms with van der Waals surface area (Å²) in [5.74, 6) is 0.674. The fourth-order valence-corrected chi connectivity index (χ4v) is 6.50. The SMILES string of the molecule is CC(C)CN(C)C1CCc2c(sc3ncn(C4Cc5ccccc5C4)c(=O)c23)C1. The largest absolute Gasteiger partial charge is 0.303 e. The molecule has 2 aliphatic rings. The molecule has 1 atom stereocenters. The molecule has 152 valence electrons. The van der Waals surface area contributed by atoms with E-state index in [2.05, 4.69) is 50.1 Å². The van der Waals surface area contributed by atoms with Crippen molar-refractivity contribution in [3.05, 3.63) is 62.5 Å². The monoisotopic (exact) mass is 407 g/mol. The van der Waals surface area contributed by atoms with Gasteiger partial charge in [-0.1, -0.05) is 38.1 Å². The number of thiophene rings is 1. The number of aryl methyl sites for hydroxylation is 1. The van der Waals surface area contributed by atoms with Crippen LogP contribution in [0.5, 0.6) is 0 Å². The van der Waals surface area contributed by atoms with Crippen molar-refractivity contribution in [3.8, 4) is 0 Å². The molecule has 4 nitrogen and oxygen atoms in total. The number of rotatable bonds is 4. The molecule has 0 radical (unpaired) electrons. The van der Waals surface area contributed by atoms with Crippen LogP contribution in [0, 0.1) is 5.92 Å². The van der Waals surface area contributed by atoms with Crippen molar-refractivity contribution >= 4 is 21.6 Å². The molecule has 1 unspecified atom stereocenters. The van der Waals surface area contributed by atoms with E-state index in [9.17, 15) is 4.79 Å². The molecule has 5 rings (SSSR count). The van der Waals surface area contributed by atoms with Gasteiger partial charge in [0.2, 0.25) is 0 Å². The van der Waals surface area contributed by atoms with Gasteiger partial charge < -0.3 is 4.90 Å². The summed E-state index contributed by atoms with van der Waals surface area (Å²) in [6.07, 6.45) is 6.83. The van der Waals surface area contributed by atoms with Gasteiger partial charge in [-0.15, -0.1) is 11.3 Å². The number of likely N-dealkylation sites (N-methyl/N-ethyl adjacent to an activating group) is 1. The zero-order valence-electron chi connectivity index (χ0n) is 17.5. The summed E-state index contributed by atoms with van der Waals surface area (Å²) in [6, 6.07) is 9.32. The first-order chi connectivity index (χ1) is 14.0. The number of fused-ring (bicyclic) bond motifs is 4. The van der Waals surface area contributed by atoms with Gasteiger partial charge in [0.1, 0.15) is 4.83 Å². The Morgan fingerprint density at radius 3 is 2.62 bits per heavy atom. The third-order valence-electron chi connectivity index (χ3n) is 6.67. The maximum Gasteiger partial charge on any atom is 0.262 e. The second kappa shape index (κ2) is 7.37. The van der Waals surface area contributed by atoms with Crippen molar-refractivity contribution in [1.29, 1.82) is 0 Å². The number of nitrogens with zero attached hydrogens (tertiary/aromatic N) is 3. The minimum Gasteiger partial charge on any atom is -0.303 e. The van der Waals surface area contributed by atoms with Crippen LogP contribution in [0.25, 0.3) is 10.2 Å². The van der Waals surface area contributed by atoms with Crippen LogP contribution in [0.1, 0.15) is 47.9 Å². The average Bonchev–Trinajstić information content (AvgIpc) is 3.28. The summed E-state index contributed by atoms with van der Waals surface area (Å²) >= 11 is 1.74. The van der Waals surface area contributed by atoms with E-state index in [0.717, 1.165) is 48.9 Å². The van der Waals surface area contributed by atoms with Gasteiger partial charge in [-0.3, -0.25) is 9.36 Å². The number of aromatic nitrogens is 2. The Morgan fingerprint density at radius 2 is 1.93 bits per heavy atom. The maximum atomic E-state index is 13.5. The topological polar surface area (TPSA) is 38.1 Å². The summed E-state index contributed by atoms with van der Waals surface area (Å²) < 4.78 is 1.91. The van der Waals surface area contributed by atoms with Crippen LogP contribution >= 0.6 is 11.3 Å². The van der Waals surface area contributed by atoms with Crippen LogP contribution < -0.4 is 5.56 Å². The van der Waals surface area contributed by atoms with Gasteiger partial charge in [0, 0.05) is 23.5 Å². The Kier molecular flexibility index (Phi) is 4.83. The molecule has 0 bridgehead atoms. The minimum atomic E-state index is 0.166. The highest BCUT2D eigenvalue weighted by atomic mass is 32.1. The van der Waals surface area contributed by atoms with E-state index in [1.165, 1.54) is 21.6 Å². The lowest BCUT2D eigenvalue weighted by Crippen LogP contribution is -2.38. The molecule has 0 amide bonds. The van der Waals surface area contributed by atoms with Crippen LogP contribution in [-0.4, -0.2) is 34.1 Å². The first kappa shape index (κ1) is 19.0. The van der Waals surface area contributed by atoms with Crippen LogP contribution in [-0.2, 0) is 25.7 Å². The molecule has 0 spiro atoms. The fourth-order valence-electron chi connectivity index (χ4n) is 5.26. The van der Waals surface area contributed by atoms with E-state index in [4.69, 9.17) is 4.98 Å². The highest BCUT2D eigenvalue weighted by molar-refractivity contribution is 7.18. The molecule has 0 saturated heterocycles. The van der Waals surface area contributed by atoms with Crippen molar-refractivity contribution in [3.63, 3.8) is 0 Å². The average molecular weight is 408 g/mol. The van der Waals surface area contributed by atoms with Crippen LogP contribution in [0.2, 0.25) is 0 Å². The molecular weight excluding hydrogens is 378 g/mol. The van der Waals surface area contributed by atoms with E-state index < -0.39 is 0 Å². The van der Waals surface area contributed by atoms with Gasteiger partial charge >= 0.3 is 0 Å². The highest BCUT2D eigenvalue weighted by Crippen LogP contribution is 2.36. The summed E-state index contributed by atoms with van der Waals surface area (Å²) in [7, 11) is 2.24. The van der Waals surface area contributed by atoms with Crippen molar-refractivity contribution in [1.82, 2.24) is 14.5 Å². The Labute approximate surface area is 176 Å². The third-order valence-corrected chi connectivity index (χ3v) is 7.83. The number of hydrogen-bond acceptors (Lipinski definition) is 4. The molecule has 29 heavy (non-hydrogen) atoms. The van der Waals surface area contributed by atoms with Gasteiger partial charge in [0.25, 0.3) is 5.56 Å². The lowest BCUT2D eigenvalue weighted by molar-refractivity contribution is 0.201. The van der Waals surface area contributed by atoms with Crippen LogP contribution in [0.4, 0.5) is 0 Å². The zero-order valence-corrected chi connectivity index (χ0v) is 18.3.